The predicted octanol–water partition coefficient (Wildman–Crippen LogP) is 1.45. The first-order chi connectivity index (χ1) is 6.74. The quantitative estimate of drug-likeness (QED) is 0.675. The Morgan fingerprint density at radius 2 is 2.21 bits per heavy atom. The van der Waals surface area contributed by atoms with Crippen LogP contribution in [-0.4, -0.2) is 9.55 Å². The van der Waals surface area contributed by atoms with E-state index in [9.17, 15) is 4.79 Å². The fourth-order valence-electron chi connectivity index (χ4n) is 2.14. The fourth-order valence-corrected chi connectivity index (χ4v) is 2.14. The van der Waals surface area contributed by atoms with Crippen molar-refractivity contribution in [2.45, 2.75) is 46.1 Å². The first kappa shape index (κ1) is 9.44. The van der Waals surface area contributed by atoms with Crippen molar-refractivity contribution in [1.29, 1.82) is 0 Å². The maximum Gasteiger partial charge on any atom is 0.256 e. The van der Waals surface area contributed by atoms with Crippen molar-refractivity contribution in [3.63, 3.8) is 0 Å². The molecule has 3 nitrogen and oxygen atoms in total. The largest absolute Gasteiger partial charge is 0.296 e. The minimum Gasteiger partial charge on any atom is -0.296 e. The molecule has 0 unspecified atom stereocenters. The number of hydrogen-bond donors (Lipinski definition) is 0. The molecule has 0 saturated heterocycles. The van der Waals surface area contributed by atoms with Gasteiger partial charge in [0.1, 0.15) is 5.82 Å². The molecule has 0 atom stereocenters. The number of hydrogen-bond acceptors (Lipinski definition) is 2. The lowest BCUT2D eigenvalue weighted by molar-refractivity contribution is 0.490. The van der Waals surface area contributed by atoms with Crippen molar-refractivity contribution in [2.24, 2.45) is 0 Å². The molecule has 0 N–H and O–H groups in total. The van der Waals surface area contributed by atoms with E-state index in [2.05, 4.69) is 4.98 Å². The van der Waals surface area contributed by atoms with Crippen LogP contribution in [0.25, 0.3) is 0 Å². The maximum atomic E-state index is 12.0. The molecule has 0 aliphatic carbocycles. The number of aromatic nitrogens is 2. The molecule has 2 rings (SSSR count). The van der Waals surface area contributed by atoms with Crippen molar-refractivity contribution in [3.8, 4) is 0 Å². The molecule has 76 valence electrons. The molecule has 2 heterocycles. The smallest absolute Gasteiger partial charge is 0.256 e. The molecule has 0 spiro atoms. The molecule has 0 bridgehead atoms. The van der Waals surface area contributed by atoms with Crippen molar-refractivity contribution in [1.82, 2.24) is 9.55 Å². The third-order valence-corrected chi connectivity index (χ3v) is 2.93. The van der Waals surface area contributed by atoms with Crippen LogP contribution in [0.1, 0.15) is 36.8 Å². The van der Waals surface area contributed by atoms with Crippen LogP contribution in [0.2, 0.25) is 0 Å². The van der Waals surface area contributed by atoms with Gasteiger partial charge in [0, 0.05) is 24.2 Å². The molecule has 3 heteroatoms. The Balaban J connectivity index is 2.64. The van der Waals surface area contributed by atoms with Crippen molar-refractivity contribution in [3.05, 3.63) is 27.4 Å². The molecule has 0 fully saturated rings. The van der Waals surface area contributed by atoms with Crippen LogP contribution in [0.15, 0.2) is 4.79 Å². The molecule has 0 aromatic carbocycles. The van der Waals surface area contributed by atoms with E-state index >= 15 is 0 Å². The molecule has 0 saturated carbocycles. The van der Waals surface area contributed by atoms with Crippen LogP contribution in [0, 0.1) is 6.92 Å². The van der Waals surface area contributed by atoms with E-state index in [-0.39, 0.29) is 5.56 Å². The topological polar surface area (TPSA) is 34.9 Å². The summed E-state index contributed by atoms with van der Waals surface area (Å²) in [6.45, 7) is 4.81. The third-order valence-electron chi connectivity index (χ3n) is 2.93. The summed E-state index contributed by atoms with van der Waals surface area (Å²) in [6.07, 6.45) is 4.02. The van der Waals surface area contributed by atoms with E-state index in [1.807, 2.05) is 18.4 Å². The van der Waals surface area contributed by atoms with E-state index in [0.29, 0.717) is 0 Å². The van der Waals surface area contributed by atoms with Crippen LogP contribution >= 0.6 is 0 Å². The van der Waals surface area contributed by atoms with E-state index in [1.165, 1.54) is 0 Å². The minimum absolute atomic E-state index is 0.190. The average molecular weight is 192 g/mol. The van der Waals surface area contributed by atoms with Gasteiger partial charge in [0.05, 0.1) is 0 Å². The first-order valence-corrected chi connectivity index (χ1v) is 5.33. The molecule has 0 amide bonds. The van der Waals surface area contributed by atoms with E-state index in [0.717, 1.165) is 49.3 Å². The van der Waals surface area contributed by atoms with Gasteiger partial charge in [0.25, 0.3) is 5.56 Å². The molecule has 1 aliphatic heterocycles. The van der Waals surface area contributed by atoms with Crippen molar-refractivity contribution >= 4 is 0 Å². The SMILES string of the molecule is CCc1c(C)nc2n(c1=O)CCCC2. The Kier molecular flexibility index (Phi) is 2.40. The van der Waals surface area contributed by atoms with Gasteiger partial charge < -0.3 is 0 Å². The van der Waals surface area contributed by atoms with E-state index < -0.39 is 0 Å². The molecule has 0 radical (unpaired) electrons. The molecule has 1 aromatic heterocycles. The summed E-state index contributed by atoms with van der Waals surface area (Å²) in [6, 6.07) is 0. The summed E-state index contributed by atoms with van der Waals surface area (Å²) >= 11 is 0. The summed E-state index contributed by atoms with van der Waals surface area (Å²) in [7, 11) is 0. The summed E-state index contributed by atoms with van der Waals surface area (Å²) in [4.78, 5) is 16.5. The Morgan fingerprint density at radius 1 is 1.43 bits per heavy atom. The lowest BCUT2D eigenvalue weighted by atomic mass is 10.1. The van der Waals surface area contributed by atoms with Crippen LogP contribution in [0.5, 0.6) is 0 Å². The van der Waals surface area contributed by atoms with Gasteiger partial charge >= 0.3 is 0 Å². The van der Waals surface area contributed by atoms with Gasteiger partial charge in [-0.15, -0.1) is 0 Å². The number of aryl methyl sites for hydroxylation is 2. The van der Waals surface area contributed by atoms with Crippen LogP contribution in [0.4, 0.5) is 0 Å². The Bertz CT molecular complexity index is 406. The summed E-state index contributed by atoms with van der Waals surface area (Å²) in [5, 5.41) is 0. The molecular weight excluding hydrogens is 176 g/mol. The monoisotopic (exact) mass is 192 g/mol. The van der Waals surface area contributed by atoms with Crippen molar-refractivity contribution in [2.75, 3.05) is 0 Å². The van der Waals surface area contributed by atoms with E-state index in [1.54, 1.807) is 0 Å². The highest BCUT2D eigenvalue weighted by atomic mass is 16.1. The van der Waals surface area contributed by atoms with Gasteiger partial charge in [0.2, 0.25) is 0 Å². The van der Waals surface area contributed by atoms with Gasteiger partial charge in [-0.3, -0.25) is 9.36 Å². The fraction of sp³-hybridized carbons (Fsp3) is 0.636. The summed E-state index contributed by atoms with van der Waals surface area (Å²) in [5.41, 5.74) is 2.00. The van der Waals surface area contributed by atoms with Gasteiger partial charge in [-0.05, 0) is 26.2 Å². The van der Waals surface area contributed by atoms with Crippen LogP contribution < -0.4 is 5.56 Å². The second kappa shape index (κ2) is 3.56. The first-order valence-electron chi connectivity index (χ1n) is 5.33. The highest BCUT2D eigenvalue weighted by molar-refractivity contribution is 5.18. The Hall–Kier alpha value is -1.12. The highest BCUT2D eigenvalue weighted by Gasteiger charge is 2.15. The van der Waals surface area contributed by atoms with Crippen LogP contribution in [0.3, 0.4) is 0 Å². The predicted molar refractivity (Wildman–Crippen MR) is 55.6 cm³/mol. The second-order valence-electron chi connectivity index (χ2n) is 3.86. The summed E-state index contributed by atoms with van der Waals surface area (Å²) < 4.78 is 1.86. The lowest BCUT2D eigenvalue weighted by Gasteiger charge is -2.18. The highest BCUT2D eigenvalue weighted by Crippen LogP contribution is 2.12. The number of fused-ring (bicyclic) bond motifs is 1. The lowest BCUT2D eigenvalue weighted by Crippen LogP contribution is -2.31. The maximum absolute atomic E-state index is 12.0. The van der Waals surface area contributed by atoms with E-state index in [4.69, 9.17) is 0 Å². The standard InChI is InChI=1S/C11H16N2O/c1-3-9-8(2)12-10-6-4-5-7-13(10)11(9)14/h3-7H2,1-2H3. The second-order valence-corrected chi connectivity index (χ2v) is 3.86. The van der Waals surface area contributed by atoms with Gasteiger partial charge in [0.15, 0.2) is 0 Å². The normalized spacial score (nSPS) is 15.3. The van der Waals surface area contributed by atoms with Gasteiger partial charge in [-0.1, -0.05) is 6.92 Å². The number of nitrogens with zero attached hydrogens (tertiary/aromatic N) is 2. The van der Waals surface area contributed by atoms with Gasteiger partial charge in [-0.2, -0.15) is 0 Å². The van der Waals surface area contributed by atoms with Gasteiger partial charge in [-0.25, -0.2) is 4.98 Å². The molecule has 1 aromatic rings. The third kappa shape index (κ3) is 1.37. The van der Waals surface area contributed by atoms with Crippen LogP contribution in [-0.2, 0) is 19.4 Å². The average Bonchev–Trinajstić information content (AvgIpc) is 2.18. The van der Waals surface area contributed by atoms with Crippen molar-refractivity contribution < 1.29 is 0 Å². The minimum atomic E-state index is 0.190. The molecule has 14 heavy (non-hydrogen) atoms. The zero-order valence-electron chi connectivity index (χ0n) is 8.84. The Morgan fingerprint density at radius 3 is 2.93 bits per heavy atom. The summed E-state index contributed by atoms with van der Waals surface area (Å²) in [5.74, 6) is 0.982. The zero-order valence-corrected chi connectivity index (χ0v) is 8.84. The molecular formula is C11H16N2O. The number of rotatable bonds is 1. The zero-order chi connectivity index (χ0) is 10.1. The molecule has 1 aliphatic rings. The Labute approximate surface area is 83.8 Å².